The zero-order valence-corrected chi connectivity index (χ0v) is 11.6. The summed E-state index contributed by atoms with van der Waals surface area (Å²) in [5.74, 6) is -0.951. The van der Waals surface area contributed by atoms with Crippen LogP contribution in [0.4, 0.5) is 11.4 Å². The van der Waals surface area contributed by atoms with Crippen molar-refractivity contribution in [2.24, 2.45) is 0 Å². The highest BCUT2D eigenvalue weighted by Gasteiger charge is 2.06. The first kappa shape index (κ1) is 16.6. The molecule has 114 valence electrons. The standard InChI is InChI=1S/C14H18N2O5/c17-13(5-3-1-2-4-6-14(18)19)15-11-7-9-12(10-8-11)16(20)21/h7-10H,1-6H2,(H,15,17)(H,18,19). The Morgan fingerprint density at radius 2 is 1.62 bits per heavy atom. The third kappa shape index (κ3) is 7.05. The predicted octanol–water partition coefficient (Wildman–Crippen LogP) is 2.96. The van der Waals surface area contributed by atoms with Gasteiger partial charge in [-0.2, -0.15) is 0 Å². The van der Waals surface area contributed by atoms with Gasteiger partial charge in [-0.15, -0.1) is 0 Å². The third-order valence-corrected chi connectivity index (χ3v) is 2.91. The molecule has 0 aliphatic heterocycles. The Bertz CT molecular complexity index is 499. The fraction of sp³-hybridized carbons (Fsp3) is 0.429. The van der Waals surface area contributed by atoms with E-state index >= 15 is 0 Å². The van der Waals surface area contributed by atoms with E-state index in [0.717, 1.165) is 12.8 Å². The van der Waals surface area contributed by atoms with Gasteiger partial charge in [-0.1, -0.05) is 12.8 Å². The number of rotatable bonds is 9. The molecule has 2 N–H and O–H groups in total. The molecule has 1 rings (SSSR count). The lowest BCUT2D eigenvalue weighted by Gasteiger charge is -2.04. The molecular formula is C14H18N2O5. The number of carbonyl (C=O) groups excluding carboxylic acids is 1. The molecule has 0 spiro atoms. The van der Waals surface area contributed by atoms with Gasteiger partial charge in [0.05, 0.1) is 4.92 Å². The SMILES string of the molecule is O=C(O)CCCCCCC(=O)Nc1ccc([N+](=O)[O-])cc1. The number of amides is 1. The van der Waals surface area contributed by atoms with Crippen LogP contribution in [0.3, 0.4) is 0 Å². The summed E-state index contributed by atoms with van der Waals surface area (Å²) in [4.78, 5) is 31.9. The number of hydrogen-bond acceptors (Lipinski definition) is 4. The minimum absolute atomic E-state index is 0.0218. The van der Waals surface area contributed by atoms with Crippen LogP contribution in [-0.4, -0.2) is 21.9 Å². The number of nitro benzene ring substituents is 1. The first-order valence-electron chi connectivity index (χ1n) is 6.75. The number of aliphatic carboxylic acids is 1. The molecule has 7 heteroatoms. The minimum atomic E-state index is -0.800. The number of benzene rings is 1. The molecule has 21 heavy (non-hydrogen) atoms. The molecule has 0 unspecified atom stereocenters. The average molecular weight is 294 g/mol. The quantitative estimate of drug-likeness (QED) is 0.413. The van der Waals surface area contributed by atoms with Crippen molar-refractivity contribution in [3.05, 3.63) is 34.4 Å². The summed E-state index contributed by atoms with van der Waals surface area (Å²) < 4.78 is 0. The number of carboxylic acids is 1. The van der Waals surface area contributed by atoms with Crippen LogP contribution in [-0.2, 0) is 9.59 Å². The Balaban J connectivity index is 2.21. The maximum atomic E-state index is 11.6. The van der Waals surface area contributed by atoms with Crippen LogP contribution in [0.25, 0.3) is 0 Å². The van der Waals surface area contributed by atoms with Gasteiger partial charge in [-0.05, 0) is 25.0 Å². The van der Waals surface area contributed by atoms with Crippen molar-refractivity contribution in [2.75, 3.05) is 5.32 Å². The molecule has 1 aromatic rings. The molecule has 0 saturated carbocycles. The lowest BCUT2D eigenvalue weighted by atomic mass is 10.1. The van der Waals surface area contributed by atoms with Gasteiger partial charge in [-0.25, -0.2) is 0 Å². The van der Waals surface area contributed by atoms with Crippen LogP contribution in [0.2, 0.25) is 0 Å². The normalized spacial score (nSPS) is 10.1. The van der Waals surface area contributed by atoms with Gasteiger partial charge >= 0.3 is 5.97 Å². The van der Waals surface area contributed by atoms with Gasteiger partial charge in [0.2, 0.25) is 5.91 Å². The Morgan fingerprint density at radius 1 is 1.05 bits per heavy atom. The van der Waals surface area contributed by atoms with E-state index in [9.17, 15) is 19.7 Å². The van der Waals surface area contributed by atoms with Crippen molar-refractivity contribution >= 4 is 23.3 Å². The molecule has 0 aromatic heterocycles. The summed E-state index contributed by atoms with van der Waals surface area (Å²) in [6, 6.07) is 5.65. The van der Waals surface area contributed by atoms with Crippen LogP contribution in [0.5, 0.6) is 0 Å². The molecule has 0 saturated heterocycles. The number of non-ortho nitro benzene ring substituents is 1. The Hall–Kier alpha value is -2.44. The number of unbranched alkanes of at least 4 members (excludes halogenated alkanes) is 3. The molecule has 1 aromatic carbocycles. The molecular weight excluding hydrogens is 276 g/mol. The van der Waals surface area contributed by atoms with Gasteiger partial charge in [0.15, 0.2) is 0 Å². The first-order chi connectivity index (χ1) is 9.99. The Labute approximate surface area is 122 Å². The van der Waals surface area contributed by atoms with E-state index in [1.54, 1.807) is 0 Å². The number of carboxylic acid groups (broad SMARTS) is 1. The number of nitrogens with one attached hydrogen (secondary N) is 1. The van der Waals surface area contributed by atoms with E-state index in [2.05, 4.69) is 5.32 Å². The molecule has 0 bridgehead atoms. The highest BCUT2D eigenvalue weighted by Crippen LogP contribution is 2.16. The van der Waals surface area contributed by atoms with Gasteiger partial charge < -0.3 is 10.4 Å². The minimum Gasteiger partial charge on any atom is -0.481 e. The van der Waals surface area contributed by atoms with Crippen LogP contribution < -0.4 is 5.32 Å². The summed E-state index contributed by atoms with van der Waals surface area (Å²) in [6.45, 7) is 0. The third-order valence-electron chi connectivity index (χ3n) is 2.91. The Kier molecular flexibility index (Phi) is 6.86. The smallest absolute Gasteiger partial charge is 0.303 e. The van der Waals surface area contributed by atoms with Crippen molar-refractivity contribution in [1.82, 2.24) is 0 Å². The molecule has 1 amide bonds. The molecule has 0 aliphatic rings. The van der Waals surface area contributed by atoms with E-state index in [1.807, 2.05) is 0 Å². The van der Waals surface area contributed by atoms with Gasteiger partial charge in [0.25, 0.3) is 5.69 Å². The summed E-state index contributed by atoms with van der Waals surface area (Å²) in [5, 5.41) is 21.6. The van der Waals surface area contributed by atoms with E-state index in [1.165, 1.54) is 24.3 Å². The number of hydrogen-bond donors (Lipinski definition) is 2. The summed E-state index contributed by atoms with van der Waals surface area (Å²) in [6.07, 6.45) is 3.43. The molecule has 0 radical (unpaired) electrons. The molecule has 0 fully saturated rings. The topological polar surface area (TPSA) is 110 Å². The molecule has 0 heterocycles. The second-order valence-corrected chi connectivity index (χ2v) is 4.66. The zero-order valence-electron chi connectivity index (χ0n) is 11.6. The van der Waals surface area contributed by atoms with Crippen molar-refractivity contribution < 1.29 is 19.6 Å². The van der Waals surface area contributed by atoms with Crippen molar-refractivity contribution in [1.29, 1.82) is 0 Å². The van der Waals surface area contributed by atoms with Crippen molar-refractivity contribution in [3.63, 3.8) is 0 Å². The van der Waals surface area contributed by atoms with Crippen molar-refractivity contribution in [2.45, 2.75) is 38.5 Å². The lowest BCUT2D eigenvalue weighted by Crippen LogP contribution is -2.11. The maximum Gasteiger partial charge on any atom is 0.303 e. The fourth-order valence-electron chi connectivity index (χ4n) is 1.81. The highest BCUT2D eigenvalue weighted by molar-refractivity contribution is 5.90. The van der Waals surface area contributed by atoms with Crippen LogP contribution >= 0.6 is 0 Å². The second-order valence-electron chi connectivity index (χ2n) is 4.66. The zero-order chi connectivity index (χ0) is 15.7. The lowest BCUT2D eigenvalue weighted by molar-refractivity contribution is -0.384. The largest absolute Gasteiger partial charge is 0.481 e. The van der Waals surface area contributed by atoms with Crippen LogP contribution in [0.15, 0.2) is 24.3 Å². The molecule has 0 aliphatic carbocycles. The van der Waals surface area contributed by atoms with E-state index in [0.29, 0.717) is 24.9 Å². The number of carbonyl (C=O) groups is 2. The second kappa shape index (κ2) is 8.68. The maximum absolute atomic E-state index is 11.6. The molecule has 0 atom stereocenters. The average Bonchev–Trinajstić information content (AvgIpc) is 2.43. The van der Waals surface area contributed by atoms with Gasteiger partial charge in [-0.3, -0.25) is 19.7 Å². The van der Waals surface area contributed by atoms with Gasteiger partial charge in [0.1, 0.15) is 0 Å². The van der Waals surface area contributed by atoms with Crippen molar-refractivity contribution in [3.8, 4) is 0 Å². The van der Waals surface area contributed by atoms with Crippen LogP contribution in [0, 0.1) is 10.1 Å². The monoisotopic (exact) mass is 294 g/mol. The first-order valence-corrected chi connectivity index (χ1v) is 6.75. The van der Waals surface area contributed by atoms with Gasteiger partial charge in [0, 0.05) is 30.7 Å². The number of nitrogens with zero attached hydrogens (tertiary/aromatic N) is 1. The Morgan fingerprint density at radius 3 is 2.14 bits per heavy atom. The number of nitro groups is 1. The fourth-order valence-corrected chi connectivity index (χ4v) is 1.81. The predicted molar refractivity (Wildman–Crippen MR) is 77.1 cm³/mol. The van der Waals surface area contributed by atoms with E-state index in [-0.39, 0.29) is 18.0 Å². The highest BCUT2D eigenvalue weighted by atomic mass is 16.6. The van der Waals surface area contributed by atoms with Crippen LogP contribution in [0.1, 0.15) is 38.5 Å². The summed E-state index contributed by atoms with van der Waals surface area (Å²) in [7, 11) is 0. The molecule has 7 nitrogen and oxygen atoms in total. The summed E-state index contributed by atoms with van der Waals surface area (Å²) in [5.41, 5.74) is 0.503. The summed E-state index contributed by atoms with van der Waals surface area (Å²) >= 11 is 0. The number of anilines is 1. The van der Waals surface area contributed by atoms with E-state index < -0.39 is 10.9 Å². The van der Waals surface area contributed by atoms with E-state index in [4.69, 9.17) is 5.11 Å².